The molecule has 128 valence electrons. The summed E-state index contributed by atoms with van der Waals surface area (Å²) in [6, 6.07) is 6.02. The number of hydrogen-bond donors (Lipinski definition) is 2. The molecule has 1 heterocycles. The van der Waals surface area contributed by atoms with Crippen LogP contribution in [0.4, 0.5) is 0 Å². The summed E-state index contributed by atoms with van der Waals surface area (Å²) in [5.41, 5.74) is 1.14. The van der Waals surface area contributed by atoms with Gasteiger partial charge in [-0.05, 0) is 30.5 Å². The van der Waals surface area contributed by atoms with Crippen LogP contribution in [0.5, 0.6) is 11.5 Å². The molecule has 0 amide bonds. The highest BCUT2D eigenvalue weighted by Gasteiger charge is 2.13. The summed E-state index contributed by atoms with van der Waals surface area (Å²) in [5.74, 6) is 2.60. The maximum Gasteiger partial charge on any atom is 0.193 e. The highest BCUT2D eigenvalue weighted by molar-refractivity contribution is 5.79. The number of benzene rings is 1. The first-order valence-electron chi connectivity index (χ1n) is 8.12. The molecule has 0 bridgehead atoms. The lowest BCUT2D eigenvalue weighted by Gasteiger charge is -2.24. The van der Waals surface area contributed by atoms with Crippen molar-refractivity contribution >= 4 is 5.96 Å². The van der Waals surface area contributed by atoms with Crippen molar-refractivity contribution in [1.82, 2.24) is 10.2 Å². The highest BCUT2D eigenvalue weighted by atomic mass is 16.6. The Kier molecular flexibility index (Phi) is 6.52. The van der Waals surface area contributed by atoms with E-state index in [1.807, 2.05) is 39.1 Å². The third-order valence-electron chi connectivity index (χ3n) is 3.59. The molecule has 23 heavy (non-hydrogen) atoms. The van der Waals surface area contributed by atoms with Crippen LogP contribution in [-0.4, -0.2) is 55.9 Å². The maximum atomic E-state index is 9.13. The summed E-state index contributed by atoms with van der Waals surface area (Å²) in [6.45, 7) is 7.49. The monoisotopic (exact) mass is 321 g/mol. The lowest BCUT2D eigenvalue weighted by atomic mass is 10.2. The minimum absolute atomic E-state index is 0.148. The van der Waals surface area contributed by atoms with E-state index < -0.39 is 0 Å². The molecule has 0 aromatic heterocycles. The Bertz CT molecular complexity index is 534. The van der Waals surface area contributed by atoms with Crippen molar-refractivity contribution in [2.24, 2.45) is 10.9 Å². The van der Waals surface area contributed by atoms with Crippen molar-refractivity contribution in [2.75, 3.05) is 40.0 Å². The van der Waals surface area contributed by atoms with Crippen LogP contribution in [0.1, 0.15) is 19.4 Å². The Balaban J connectivity index is 2.04. The van der Waals surface area contributed by atoms with Gasteiger partial charge in [-0.15, -0.1) is 0 Å². The molecule has 6 heteroatoms. The van der Waals surface area contributed by atoms with Crippen molar-refractivity contribution in [3.05, 3.63) is 23.8 Å². The number of nitrogens with zero attached hydrogens (tertiary/aromatic N) is 2. The fraction of sp³-hybridized carbons (Fsp3) is 0.588. The van der Waals surface area contributed by atoms with Crippen LogP contribution in [0.2, 0.25) is 0 Å². The molecule has 6 nitrogen and oxygen atoms in total. The predicted octanol–water partition coefficient (Wildman–Crippen LogP) is 1.48. The molecule has 1 aliphatic rings. The van der Waals surface area contributed by atoms with Crippen LogP contribution in [0.15, 0.2) is 23.2 Å². The zero-order chi connectivity index (χ0) is 16.7. The summed E-state index contributed by atoms with van der Waals surface area (Å²) in [7, 11) is 2.00. The molecule has 1 unspecified atom stereocenters. The quantitative estimate of drug-likeness (QED) is 0.614. The van der Waals surface area contributed by atoms with Crippen molar-refractivity contribution < 1.29 is 14.6 Å². The number of ether oxygens (including phenoxy) is 2. The molecule has 0 radical (unpaired) electrons. The Labute approximate surface area is 138 Å². The van der Waals surface area contributed by atoms with Crippen LogP contribution in [0, 0.1) is 5.92 Å². The second kappa shape index (κ2) is 8.62. The van der Waals surface area contributed by atoms with Gasteiger partial charge < -0.3 is 24.8 Å². The average molecular weight is 321 g/mol. The topological polar surface area (TPSA) is 66.3 Å². The van der Waals surface area contributed by atoms with E-state index in [9.17, 15) is 0 Å². The summed E-state index contributed by atoms with van der Waals surface area (Å²) >= 11 is 0. The lowest BCUT2D eigenvalue weighted by Crippen LogP contribution is -2.38. The summed E-state index contributed by atoms with van der Waals surface area (Å²) < 4.78 is 11.2. The first kappa shape index (κ1) is 17.4. The van der Waals surface area contributed by atoms with E-state index >= 15 is 0 Å². The van der Waals surface area contributed by atoms with Gasteiger partial charge in [0, 0.05) is 33.3 Å². The van der Waals surface area contributed by atoms with Crippen molar-refractivity contribution in [3.8, 4) is 11.5 Å². The van der Waals surface area contributed by atoms with Crippen LogP contribution in [0.3, 0.4) is 0 Å². The van der Waals surface area contributed by atoms with Gasteiger partial charge in [-0.2, -0.15) is 0 Å². The van der Waals surface area contributed by atoms with Crippen LogP contribution >= 0.6 is 0 Å². The minimum Gasteiger partial charge on any atom is -0.486 e. The fourth-order valence-electron chi connectivity index (χ4n) is 2.30. The molecule has 2 N–H and O–H groups in total. The van der Waals surface area contributed by atoms with Gasteiger partial charge in [0.2, 0.25) is 0 Å². The van der Waals surface area contributed by atoms with Gasteiger partial charge in [-0.25, -0.2) is 0 Å². The first-order valence-corrected chi connectivity index (χ1v) is 8.12. The third kappa shape index (κ3) is 5.03. The van der Waals surface area contributed by atoms with E-state index in [0.717, 1.165) is 36.1 Å². The van der Waals surface area contributed by atoms with Gasteiger partial charge in [0.1, 0.15) is 13.2 Å². The molecule has 1 atom stereocenters. The largest absolute Gasteiger partial charge is 0.486 e. The summed E-state index contributed by atoms with van der Waals surface area (Å²) in [4.78, 5) is 6.65. The molecule has 0 spiro atoms. The SMILES string of the molecule is CCNC(=NCC(C)CO)N(C)Cc1ccc2c(c1)OCCO2. The van der Waals surface area contributed by atoms with Gasteiger partial charge in [-0.1, -0.05) is 13.0 Å². The summed E-state index contributed by atoms with van der Waals surface area (Å²) in [5, 5.41) is 12.4. The normalized spacial score (nSPS) is 15.2. The number of guanidine groups is 1. The smallest absolute Gasteiger partial charge is 0.193 e. The molecular formula is C17H27N3O3. The lowest BCUT2D eigenvalue weighted by molar-refractivity contribution is 0.171. The van der Waals surface area contributed by atoms with E-state index in [4.69, 9.17) is 14.6 Å². The number of rotatable bonds is 6. The molecule has 1 aliphatic heterocycles. The summed E-state index contributed by atoms with van der Waals surface area (Å²) in [6.07, 6.45) is 0. The molecule has 0 saturated carbocycles. The van der Waals surface area contributed by atoms with Gasteiger partial charge in [0.05, 0.1) is 0 Å². The standard InChI is InChI=1S/C17H27N3O3/c1-4-18-17(19-10-13(2)12-21)20(3)11-14-5-6-15-16(9-14)23-8-7-22-15/h5-6,9,13,21H,4,7-8,10-12H2,1-3H3,(H,18,19). The average Bonchev–Trinajstić information content (AvgIpc) is 2.58. The molecule has 0 aliphatic carbocycles. The van der Waals surface area contributed by atoms with E-state index in [-0.39, 0.29) is 12.5 Å². The van der Waals surface area contributed by atoms with Gasteiger partial charge in [-0.3, -0.25) is 4.99 Å². The maximum absolute atomic E-state index is 9.13. The zero-order valence-electron chi connectivity index (χ0n) is 14.2. The van der Waals surface area contributed by atoms with Crippen molar-refractivity contribution in [3.63, 3.8) is 0 Å². The Hall–Kier alpha value is -1.95. The molecule has 0 saturated heterocycles. The number of nitrogens with one attached hydrogen (secondary N) is 1. The predicted molar refractivity (Wildman–Crippen MR) is 91.1 cm³/mol. The number of fused-ring (bicyclic) bond motifs is 1. The third-order valence-corrected chi connectivity index (χ3v) is 3.59. The minimum atomic E-state index is 0.148. The molecule has 1 aromatic rings. The van der Waals surface area contributed by atoms with E-state index in [0.29, 0.717) is 19.8 Å². The van der Waals surface area contributed by atoms with Gasteiger partial charge >= 0.3 is 0 Å². The van der Waals surface area contributed by atoms with E-state index in [2.05, 4.69) is 15.2 Å². The van der Waals surface area contributed by atoms with E-state index in [1.165, 1.54) is 0 Å². The number of hydrogen-bond acceptors (Lipinski definition) is 4. The Morgan fingerprint density at radius 1 is 1.35 bits per heavy atom. The van der Waals surface area contributed by atoms with Crippen LogP contribution < -0.4 is 14.8 Å². The fourth-order valence-corrected chi connectivity index (χ4v) is 2.30. The van der Waals surface area contributed by atoms with E-state index in [1.54, 1.807) is 0 Å². The second-order valence-electron chi connectivity index (χ2n) is 5.82. The molecule has 0 fully saturated rings. The zero-order valence-corrected chi connectivity index (χ0v) is 14.2. The second-order valence-corrected chi connectivity index (χ2v) is 5.82. The number of aliphatic hydroxyl groups excluding tert-OH is 1. The molecular weight excluding hydrogens is 294 g/mol. The first-order chi connectivity index (χ1) is 11.1. The molecule has 2 rings (SSSR count). The van der Waals surface area contributed by atoms with Gasteiger partial charge in [0.15, 0.2) is 17.5 Å². The molecule has 1 aromatic carbocycles. The number of aliphatic imine (C=N–C) groups is 1. The Morgan fingerprint density at radius 3 is 2.78 bits per heavy atom. The van der Waals surface area contributed by atoms with Crippen LogP contribution in [-0.2, 0) is 6.54 Å². The van der Waals surface area contributed by atoms with Crippen LogP contribution in [0.25, 0.3) is 0 Å². The highest BCUT2D eigenvalue weighted by Crippen LogP contribution is 2.31. The van der Waals surface area contributed by atoms with Crippen molar-refractivity contribution in [1.29, 1.82) is 0 Å². The van der Waals surface area contributed by atoms with Crippen molar-refractivity contribution in [2.45, 2.75) is 20.4 Å². The van der Waals surface area contributed by atoms with Gasteiger partial charge in [0.25, 0.3) is 0 Å². The number of aliphatic hydroxyl groups is 1. The Morgan fingerprint density at radius 2 is 2.09 bits per heavy atom.